The average Bonchev–Trinajstić information content (AvgIpc) is 3.77. The molecule has 0 unspecified atom stereocenters. The number of H-pyrrole nitrogens is 1. The fourth-order valence-electron chi connectivity index (χ4n) is 7.15. The average molecular weight is 688 g/mol. The Hall–Kier alpha value is -6.10. The molecule has 3 N–H and O–H groups in total. The van der Waals surface area contributed by atoms with Crippen LogP contribution in [0.4, 0.5) is 10.5 Å². The van der Waals surface area contributed by atoms with Gasteiger partial charge in [-0.1, -0.05) is 62.4 Å². The maximum absolute atomic E-state index is 14.2. The van der Waals surface area contributed by atoms with Crippen LogP contribution in [-0.4, -0.2) is 66.9 Å². The normalized spacial score (nSPS) is 16.7. The highest BCUT2D eigenvalue weighted by Gasteiger charge is 2.50. The largest absolute Gasteiger partial charge is 0.497 e. The Morgan fingerprint density at radius 3 is 2.27 bits per heavy atom. The van der Waals surface area contributed by atoms with Gasteiger partial charge >= 0.3 is 18.0 Å². The van der Waals surface area contributed by atoms with Crippen LogP contribution in [0.15, 0.2) is 97.2 Å². The molecule has 2 amide bonds. The number of methoxy groups -OCH3 is 1. The van der Waals surface area contributed by atoms with Gasteiger partial charge in [-0.2, -0.15) is 0 Å². The SMILES string of the molecule is COc1ccc2[nH]cc([C@@H](CNC(=O)OCC3c4ccccc4-c4ccccc43)C(=O)O[C@H]3C(=O)N(c4ccc(C(=O)O)cc4)CC3(C)C)c2c1. The quantitative estimate of drug-likeness (QED) is 0.141. The van der Waals surface area contributed by atoms with E-state index in [0.717, 1.165) is 27.8 Å². The molecule has 0 bridgehead atoms. The maximum Gasteiger partial charge on any atom is 0.407 e. The first-order valence-electron chi connectivity index (χ1n) is 16.6. The number of ether oxygens (including phenoxy) is 3. The second-order valence-electron chi connectivity index (χ2n) is 13.5. The van der Waals surface area contributed by atoms with E-state index in [4.69, 9.17) is 14.2 Å². The highest BCUT2D eigenvalue weighted by atomic mass is 16.6. The van der Waals surface area contributed by atoms with Crippen molar-refractivity contribution in [2.75, 3.05) is 31.7 Å². The Labute approximate surface area is 294 Å². The first kappa shape index (κ1) is 33.4. The number of aromatic carboxylic acids is 1. The molecule has 51 heavy (non-hydrogen) atoms. The topological polar surface area (TPSA) is 147 Å². The molecule has 2 aliphatic rings. The van der Waals surface area contributed by atoms with Crippen molar-refractivity contribution >= 4 is 40.5 Å². The number of aromatic amines is 1. The molecule has 5 aromatic rings. The summed E-state index contributed by atoms with van der Waals surface area (Å²) in [6, 6.07) is 27.5. The van der Waals surface area contributed by atoms with E-state index in [1.54, 1.807) is 37.6 Å². The van der Waals surface area contributed by atoms with E-state index < -0.39 is 41.4 Å². The number of rotatable bonds is 10. The molecule has 1 aliphatic carbocycles. The summed E-state index contributed by atoms with van der Waals surface area (Å²) >= 11 is 0. The molecule has 1 aliphatic heterocycles. The number of hydrogen-bond donors (Lipinski definition) is 3. The van der Waals surface area contributed by atoms with E-state index in [9.17, 15) is 24.3 Å². The Morgan fingerprint density at radius 2 is 1.63 bits per heavy atom. The van der Waals surface area contributed by atoms with Crippen molar-refractivity contribution in [3.8, 4) is 16.9 Å². The van der Waals surface area contributed by atoms with Gasteiger partial charge in [0.2, 0.25) is 0 Å². The number of fused-ring (bicyclic) bond motifs is 4. The predicted octanol–water partition coefficient (Wildman–Crippen LogP) is 6.48. The zero-order valence-electron chi connectivity index (χ0n) is 28.3. The van der Waals surface area contributed by atoms with Gasteiger partial charge < -0.3 is 34.5 Å². The van der Waals surface area contributed by atoms with Gasteiger partial charge in [-0.3, -0.25) is 9.59 Å². The van der Waals surface area contributed by atoms with E-state index in [1.165, 1.54) is 17.0 Å². The third-order valence-electron chi connectivity index (χ3n) is 9.80. The second kappa shape index (κ2) is 13.3. The molecule has 2 atom stereocenters. The van der Waals surface area contributed by atoms with Gasteiger partial charge in [0.05, 0.1) is 12.7 Å². The van der Waals surface area contributed by atoms with Crippen molar-refractivity contribution in [3.63, 3.8) is 0 Å². The summed E-state index contributed by atoms with van der Waals surface area (Å²) in [5, 5.41) is 12.8. The third kappa shape index (κ3) is 6.27. The summed E-state index contributed by atoms with van der Waals surface area (Å²) < 4.78 is 17.2. The van der Waals surface area contributed by atoms with Crippen LogP contribution in [0.25, 0.3) is 22.0 Å². The van der Waals surface area contributed by atoms with Crippen LogP contribution in [0, 0.1) is 5.41 Å². The van der Waals surface area contributed by atoms with Crippen LogP contribution in [0.3, 0.4) is 0 Å². The van der Waals surface area contributed by atoms with Gasteiger partial charge in [-0.05, 0) is 70.3 Å². The number of benzene rings is 4. The number of amides is 2. The number of anilines is 1. The summed E-state index contributed by atoms with van der Waals surface area (Å²) in [4.78, 5) is 57.2. The van der Waals surface area contributed by atoms with Crippen LogP contribution >= 0.6 is 0 Å². The Kier molecular flexibility index (Phi) is 8.72. The maximum atomic E-state index is 14.2. The molecule has 1 aromatic heterocycles. The monoisotopic (exact) mass is 687 g/mol. The zero-order chi connectivity index (χ0) is 35.9. The third-order valence-corrected chi connectivity index (χ3v) is 9.80. The molecule has 4 aromatic carbocycles. The van der Waals surface area contributed by atoms with E-state index >= 15 is 0 Å². The fourth-order valence-corrected chi connectivity index (χ4v) is 7.15. The summed E-state index contributed by atoms with van der Waals surface area (Å²) in [7, 11) is 1.55. The van der Waals surface area contributed by atoms with Crippen molar-refractivity contribution < 1.29 is 38.5 Å². The van der Waals surface area contributed by atoms with Crippen molar-refractivity contribution in [1.29, 1.82) is 0 Å². The molecule has 7 rings (SSSR count). The lowest BCUT2D eigenvalue weighted by Gasteiger charge is -2.26. The lowest BCUT2D eigenvalue weighted by Crippen LogP contribution is -2.40. The number of alkyl carbamates (subject to hydrolysis) is 1. The molecule has 1 saturated heterocycles. The zero-order valence-corrected chi connectivity index (χ0v) is 28.3. The lowest BCUT2D eigenvalue weighted by atomic mass is 9.89. The van der Waals surface area contributed by atoms with Crippen molar-refractivity contribution in [3.05, 3.63) is 119 Å². The number of carbonyl (C=O) groups is 4. The second-order valence-corrected chi connectivity index (χ2v) is 13.5. The highest BCUT2D eigenvalue weighted by Crippen LogP contribution is 2.44. The number of aromatic nitrogens is 1. The first-order valence-corrected chi connectivity index (χ1v) is 16.6. The molecule has 0 radical (unpaired) electrons. The van der Waals surface area contributed by atoms with Crippen LogP contribution in [0.1, 0.15) is 52.7 Å². The standard InChI is InChI=1S/C40H37N3O8/c1-40(2)22-43(24-14-12-23(13-15-24)37(45)46)36(44)35(40)51-38(47)32(31-19-41-34-17-16-25(49-3)18-30(31)34)20-42-39(48)50-21-33-28-10-6-4-8-26(28)27-9-5-7-11-29(27)33/h4-19,32-33,35,41H,20-22H2,1-3H3,(H,42,48)(H,45,46)/t32-,35+/m1/s1. The Balaban J connectivity index is 1.10. The van der Waals surface area contributed by atoms with E-state index in [0.29, 0.717) is 22.4 Å². The smallest absolute Gasteiger partial charge is 0.407 e. The number of carboxylic acids is 1. The van der Waals surface area contributed by atoms with Gasteiger partial charge in [0.1, 0.15) is 18.3 Å². The summed E-state index contributed by atoms with van der Waals surface area (Å²) in [6.07, 6.45) is -0.144. The fraction of sp³-hybridized carbons (Fsp3) is 0.250. The number of esters is 1. The highest BCUT2D eigenvalue weighted by molar-refractivity contribution is 6.02. The van der Waals surface area contributed by atoms with Gasteiger partial charge in [-0.25, -0.2) is 9.59 Å². The molecule has 11 nitrogen and oxygen atoms in total. The first-order chi connectivity index (χ1) is 24.6. The Morgan fingerprint density at radius 1 is 0.961 bits per heavy atom. The summed E-state index contributed by atoms with van der Waals surface area (Å²) in [5.74, 6) is -2.78. The van der Waals surface area contributed by atoms with E-state index in [2.05, 4.69) is 22.4 Å². The number of carboxylic acid groups (broad SMARTS) is 1. The Bertz CT molecular complexity index is 2110. The number of carbonyl (C=O) groups excluding carboxylic acids is 3. The van der Waals surface area contributed by atoms with Gasteiger partial charge in [-0.15, -0.1) is 0 Å². The van der Waals surface area contributed by atoms with Gasteiger partial charge in [0, 0.05) is 47.2 Å². The molecular weight excluding hydrogens is 650 g/mol. The van der Waals surface area contributed by atoms with Crippen LogP contribution < -0.4 is 15.0 Å². The minimum Gasteiger partial charge on any atom is -0.497 e. The van der Waals surface area contributed by atoms with Crippen LogP contribution in [0.2, 0.25) is 0 Å². The van der Waals surface area contributed by atoms with Crippen molar-refractivity contribution in [2.45, 2.75) is 31.8 Å². The van der Waals surface area contributed by atoms with Crippen molar-refractivity contribution in [1.82, 2.24) is 10.3 Å². The van der Waals surface area contributed by atoms with E-state index in [1.807, 2.05) is 56.3 Å². The molecule has 0 saturated carbocycles. The molecule has 11 heteroatoms. The number of nitrogens with zero attached hydrogens (tertiary/aromatic N) is 1. The molecule has 260 valence electrons. The number of nitrogens with one attached hydrogen (secondary N) is 2. The molecule has 0 spiro atoms. The summed E-state index contributed by atoms with van der Waals surface area (Å²) in [5.41, 5.74) is 5.48. The molecular formula is C40H37N3O8. The molecule has 1 fully saturated rings. The van der Waals surface area contributed by atoms with Crippen molar-refractivity contribution in [2.24, 2.45) is 5.41 Å². The lowest BCUT2D eigenvalue weighted by molar-refractivity contribution is -0.159. The minimum atomic E-state index is -1.14. The van der Waals surface area contributed by atoms with Crippen LogP contribution in [-0.2, 0) is 19.1 Å². The number of hydrogen-bond acceptors (Lipinski definition) is 7. The van der Waals surface area contributed by atoms with Crippen LogP contribution in [0.5, 0.6) is 5.75 Å². The molecule has 2 heterocycles. The van der Waals surface area contributed by atoms with Gasteiger partial charge in [0.15, 0.2) is 6.10 Å². The van der Waals surface area contributed by atoms with Gasteiger partial charge in [0.25, 0.3) is 5.91 Å². The van der Waals surface area contributed by atoms with E-state index in [-0.39, 0.29) is 31.2 Å². The minimum absolute atomic E-state index is 0.0923. The predicted molar refractivity (Wildman–Crippen MR) is 190 cm³/mol. The summed E-state index contributed by atoms with van der Waals surface area (Å²) in [6.45, 7) is 3.84.